The van der Waals surface area contributed by atoms with E-state index in [0.29, 0.717) is 12.3 Å². The molecule has 2 aromatic rings. The van der Waals surface area contributed by atoms with Crippen molar-refractivity contribution in [1.29, 1.82) is 0 Å². The van der Waals surface area contributed by atoms with Crippen LogP contribution in [-0.4, -0.2) is 10.8 Å². The summed E-state index contributed by atoms with van der Waals surface area (Å²) in [5, 5.41) is 1.03. The van der Waals surface area contributed by atoms with E-state index in [9.17, 15) is 4.79 Å². The maximum atomic E-state index is 12.4. The molecular weight excluding hydrogens is 222 g/mol. The molecule has 1 unspecified atom stereocenters. The topological polar surface area (TPSA) is 32.9 Å². The van der Waals surface area contributed by atoms with Gasteiger partial charge < -0.3 is 4.98 Å². The first kappa shape index (κ1) is 12.9. The molecule has 0 aliphatic carbocycles. The highest BCUT2D eigenvalue weighted by atomic mass is 16.1. The molecule has 0 aliphatic heterocycles. The maximum Gasteiger partial charge on any atom is 0.165 e. The highest BCUT2D eigenvalue weighted by Crippen LogP contribution is 2.30. The molecule has 0 radical (unpaired) electrons. The molecule has 18 heavy (non-hydrogen) atoms. The van der Waals surface area contributed by atoms with Gasteiger partial charge in [0.2, 0.25) is 0 Å². The Balaban J connectivity index is 2.24. The maximum absolute atomic E-state index is 12.4. The standard InChI is InChI=1S/C16H21NO/c1-11(16(2,3)4)9-15(18)13-10-17-14-8-6-5-7-12(13)14/h5-8,10-11,17H,9H2,1-4H3. The van der Waals surface area contributed by atoms with Gasteiger partial charge in [0.25, 0.3) is 0 Å². The number of aromatic amines is 1. The van der Waals surface area contributed by atoms with Crippen LogP contribution >= 0.6 is 0 Å². The van der Waals surface area contributed by atoms with Gasteiger partial charge in [0, 0.05) is 29.1 Å². The van der Waals surface area contributed by atoms with Gasteiger partial charge in [-0.25, -0.2) is 0 Å². The number of ketones is 1. The molecule has 2 rings (SSSR count). The molecule has 0 aliphatic rings. The fourth-order valence-corrected chi connectivity index (χ4v) is 2.00. The summed E-state index contributed by atoms with van der Waals surface area (Å²) in [6.07, 6.45) is 2.44. The number of hydrogen-bond acceptors (Lipinski definition) is 1. The Hall–Kier alpha value is -1.57. The Labute approximate surface area is 108 Å². The molecule has 0 saturated heterocycles. The Morgan fingerprint density at radius 3 is 2.61 bits per heavy atom. The summed E-state index contributed by atoms with van der Waals surface area (Å²) in [6.45, 7) is 8.69. The number of hydrogen-bond donors (Lipinski definition) is 1. The second kappa shape index (κ2) is 4.60. The number of H-pyrrole nitrogens is 1. The smallest absolute Gasteiger partial charge is 0.165 e. The van der Waals surface area contributed by atoms with Crippen molar-refractivity contribution in [2.45, 2.75) is 34.1 Å². The average molecular weight is 243 g/mol. The van der Waals surface area contributed by atoms with Gasteiger partial charge in [-0.05, 0) is 17.4 Å². The first-order valence-electron chi connectivity index (χ1n) is 6.49. The molecule has 0 saturated carbocycles. The van der Waals surface area contributed by atoms with Crippen molar-refractivity contribution in [3.05, 3.63) is 36.0 Å². The van der Waals surface area contributed by atoms with E-state index in [1.807, 2.05) is 30.5 Å². The van der Waals surface area contributed by atoms with Crippen LogP contribution in [-0.2, 0) is 0 Å². The summed E-state index contributed by atoms with van der Waals surface area (Å²) in [4.78, 5) is 15.5. The zero-order valence-corrected chi connectivity index (χ0v) is 11.6. The summed E-state index contributed by atoms with van der Waals surface area (Å²) in [6, 6.07) is 7.95. The van der Waals surface area contributed by atoms with Gasteiger partial charge in [0.15, 0.2) is 5.78 Å². The van der Waals surface area contributed by atoms with E-state index in [1.165, 1.54) is 0 Å². The predicted octanol–water partition coefficient (Wildman–Crippen LogP) is 4.42. The lowest BCUT2D eigenvalue weighted by Gasteiger charge is -2.26. The largest absolute Gasteiger partial charge is 0.360 e. The van der Waals surface area contributed by atoms with Crippen LogP contribution in [0.1, 0.15) is 44.5 Å². The van der Waals surface area contributed by atoms with Crippen molar-refractivity contribution in [2.24, 2.45) is 11.3 Å². The number of para-hydroxylation sites is 1. The van der Waals surface area contributed by atoms with Crippen molar-refractivity contribution in [3.8, 4) is 0 Å². The van der Waals surface area contributed by atoms with Gasteiger partial charge in [0.05, 0.1) is 0 Å². The lowest BCUT2D eigenvalue weighted by molar-refractivity contribution is 0.0929. The molecule has 1 aromatic heterocycles. The van der Waals surface area contributed by atoms with Crippen LogP contribution in [0.25, 0.3) is 10.9 Å². The molecule has 1 heterocycles. The number of Topliss-reactive ketones (excluding diaryl/α,β-unsaturated/α-hetero) is 1. The third-order valence-electron chi connectivity index (χ3n) is 3.86. The molecular formula is C16H21NO. The Bertz CT molecular complexity index is 560. The van der Waals surface area contributed by atoms with Crippen LogP contribution in [0.2, 0.25) is 0 Å². The normalized spacial score (nSPS) is 13.8. The lowest BCUT2D eigenvalue weighted by atomic mass is 9.78. The van der Waals surface area contributed by atoms with Crippen LogP contribution in [0, 0.1) is 11.3 Å². The van der Waals surface area contributed by atoms with Crippen molar-refractivity contribution in [3.63, 3.8) is 0 Å². The SMILES string of the molecule is CC(CC(=O)c1c[nH]c2ccccc12)C(C)(C)C. The van der Waals surface area contributed by atoms with E-state index in [1.54, 1.807) is 0 Å². The number of rotatable bonds is 3. The minimum absolute atomic E-state index is 0.168. The first-order chi connectivity index (χ1) is 8.39. The number of aromatic nitrogens is 1. The molecule has 1 aromatic carbocycles. The fraction of sp³-hybridized carbons (Fsp3) is 0.438. The first-order valence-corrected chi connectivity index (χ1v) is 6.49. The monoisotopic (exact) mass is 243 g/mol. The van der Waals surface area contributed by atoms with Crippen molar-refractivity contribution >= 4 is 16.7 Å². The number of benzene rings is 1. The average Bonchev–Trinajstić information content (AvgIpc) is 2.71. The van der Waals surface area contributed by atoms with E-state index in [4.69, 9.17) is 0 Å². The van der Waals surface area contributed by atoms with Gasteiger partial charge in [0.1, 0.15) is 0 Å². The highest BCUT2D eigenvalue weighted by molar-refractivity contribution is 6.07. The van der Waals surface area contributed by atoms with Gasteiger partial charge >= 0.3 is 0 Å². The Morgan fingerprint density at radius 2 is 1.94 bits per heavy atom. The molecule has 96 valence electrons. The van der Waals surface area contributed by atoms with Gasteiger partial charge in [-0.2, -0.15) is 0 Å². The van der Waals surface area contributed by atoms with E-state index < -0.39 is 0 Å². The van der Waals surface area contributed by atoms with E-state index in [0.717, 1.165) is 16.5 Å². The Kier molecular flexibility index (Phi) is 3.29. The van der Waals surface area contributed by atoms with Gasteiger partial charge in [-0.1, -0.05) is 45.9 Å². The second-order valence-corrected chi connectivity index (χ2v) is 6.14. The predicted molar refractivity (Wildman–Crippen MR) is 75.9 cm³/mol. The number of carbonyl (C=O) groups excluding carboxylic acids is 1. The van der Waals surface area contributed by atoms with Gasteiger partial charge in [-0.3, -0.25) is 4.79 Å². The molecule has 1 atom stereocenters. The van der Waals surface area contributed by atoms with E-state index in [-0.39, 0.29) is 11.2 Å². The summed E-state index contributed by atoms with van der Waals surface area (Å²) in [5.74, 6) is 0.605. The van der Waals surface area contributed by atoms with Crippen LogP contribution in [0.3, 0.4) is 0 Å². The molecule has 0 bridgehead atoms. The highest BCUT2D eigenvalue weighted by Gasteiger charge is 2.24. The van der Waals surface area contributed by atoms with Crippen LogP contribution in [0.4, 0.5) is 0 Å². The molecule has 0 amide bonds. The number of carbonyl (C=O) groups is 1. The minimum atomic E-state index is 0.168. The van der Waals surface area contributed by atoms with E-state index >= 15 is 0 Å². The van der Waals surface area contributed by atoms with E-state index in [2.05, 4.69) is 32.7 Å². The number of fused-ring (bicyclic) bond motifs is 1. The zero-order chi connectivity index (χ0) is 13.3. The second-order valence-electron chi connectivity index (χ2n) is 6.14. The third kappa shape index (κ3) is 2.47. The fourth-order valence-electron chi connectivity index (χ4n) is 2.00. The minimum Gasteiger partial charge on any atom is -0.360 e. The van der Waals surface area contributed by atoms with Gasteiger partial charge in [-0.15, -0.1) is 0 Å². The van der Waals surface area contributed by atoms with Crippen LogP contribution in [0.5, 0.6) is 0 Å². The molecule has 0 fully saturated rings. The molecule has 0 spiro atoms. The summed E-state index contributed by atoms with van der Waals surface area (Å²) in [7, 11) is 0. The quantitative estimate of drug-likeness (QED) is 0.795. The zero-order valence-electron chi connectivity index (χ0n) is 11.6. The third-order valence-corrected chi connectivity index (χ3v) is 3.86. The van der Waals surface area contributed by atoms with Crippen molar-refractivity contribution < 1.29 is 4.79 Å². The summed E-state index contributed by atoms with van der Waals surface area (Å²) >= 11 is 0. The summed E-state index contributed by atoms with van der Waals surface area (Å²) < 4.78 is 0. The van der Waals surface area contributed by atoms with Crippen LogP contribution < -0.4 is 0 Å². The van der Waals surface area contributed by atoms with Crippen molar-refractivity contribution in [2.75, 3.05) is 0 Å². The van der Waals surface area contributed by atoms with Crippen molar-refractivity contribution in [1.82, 2.24) is 4.98 Å². The number of nitrogens with one attached hydrogen (secondary N) is 1. The molecule has 1 N–H and O–H groups in total. The summed E-state index contributed by atoms with van der Waals surface area (Å²) in [5.41, 5.74) is 2.02. The Morgan fingerprint density at radius 1 is 1.28 bits per heavy atom. The van der Waals surface area contributed by atoms with Crippen LogP contribution in [0.15, 0.2) is 30.5 Å². The molecule has 2 nitrogen and oxygen atoms in total. The lowest BCUT2D eigenvalue weighted by Crippen LogP contribution is -2.20. The molecule has 2 heteroatoms.